The Morgan fingerprint density at radius 1 is 1.06 bits per heavy atom. The zero-order valence-corrected chi connectivity index (χ0v) is 18.3. The third-order valence-corrected chi connectivity index (χ3v) is 5.08. The normalized spacial score (nSPS) is 10.8. The number of esters is 1. The summed E-state index contributed by atoms with van der Waals surface area (Å²) in [7, 11) is 3.03. The van der Waals surface area contributed by atoms with Crippen LogP contribution in [0.2, 0.25) is 0 Å². The van der Waals surface area contributed by atoms with E-state index in [1.807, 2.05) is 30.3 Å². The van der Waals surface area contributed by atoms with Gasteiger partial charge in [0.2, 0.25) is 5.89 Å². The molecule has 0 amide bonds. The van der Waals surface area contributed by atoms with Crippen molar-refractivity contribution in [1.29, 1.82) is 0 Å². The molecule has 0 radical (unpaired) electrons. The van der Waals surface area contributed by atoms with E-state index in [9.17, 15) is 9.59 Å². The van der Waals surface area contributed by atoms with E-state index >= 15 is 0 Å². The van der Waals surface area contributed by atoms with Gasteiger partial charge in [-0.25, -0.2) is 9.97 Å². The Morgan fingerprint density at radius 3 is 2.58 bits per heavy atom. The number of rotatable bonds is 9. The van der Waals surface area contributed by atoms with Crippen molar-refractivity contribution in [2.75, 3.05) is 14.2 Å². The maximum Gasteiger partial charge on any atom is 0.306 e. The number of fused-ring (bicyclic) bond motifs is 1. The minimum Gasteiger partial charge on any atom is -0.493 e. The fourth-order valence-electron chi connectivity index (χ4n) is 3.37. The van der Waals surface area contributed by atoms with Gasteiger partial charge in [0, 0.05) is 24.6 Å². The molecule has 0 spiro atoms. The van der Waals surface area contributed by atoms with E-state index in [1.165, 1.54) is 25.1 Å². The van der Waals surface area contributed by atoms with Crippen LogP contribution in [0.4, 0.5) is 0 Å². The maximum absolute atomic E-state index is 12.8. The maximum atomic E-state index is 12.8. The van der Waals surface area contributed by atoms with E-state index < -0.39 is 5.97 Å². The largest absolute Gasteiger partial charge is 0.493 e. The summed E-state index contributed by atoms with van der Waals surface area (Å²) in [5.74, 6) is 1.48. The lowest BCUT2D eigenvalue weighted by molar-refractivity contribution is -0.145. The second-order valence-corrected chi connectivity index (χ2v) is 7.22. The van der Waals surface area contributed by atoms with Crippen LogP contribution in [0.15, 0.2) is 64.2 Å². The van der Waals surface area contributed by atoms with Crippen LogP contribution in [0.25, 0.3) is 22.2 Å². The summed E-state index contributed by atoms with van der Waals surface area (Å²) in [6.07, 6.45) is 3.62. The molecule has 0 N–H and O–H groups in total. The Kier molecular flexibility index (Phi) is 6.68. The van der Waals surface area contributed by atoms with Crippen LogP contribution >= 0.6 is 0 Å². The molecule has 0 atom stereocenters. The molecular weight excluding hydrogens is 426 g/mol. The molecule has 4 aromatic rings. The van der Waals surface area contributed by atoms with Gasteiger partial charge in [0.1, 0.15) is 0 Å². The number of ether oxygens (including phenoxy) is 3. The van der Waals surface area contributed by atoms with Crippen molar-refractivity contribution >= 4 is 16.9 Å². The molecule has 2 heterocycles. The SMILES string of the molecule is COc1cc2ncn(CCCC(=O)OCc3ncc(-c4ccccc4)o3)c(=O)c2cc1OC. The summed E-state index contributed by atoms with van der Waals surface area (Å²) in [6, 6.07) is 12.8. The summed E-state index contributed by atoms with van der Waals surface area (Å²) in [5, 5.41) is 0.413. The molecule has 2 aromatic carbocycles. The van der Waals surface area contributed by atoms with Crippen molar-refractivity contribution in [1.82, 2.24) is 14.5 Å². The first-order chi connectivity index (χ1) is 16.1. The Hall–Kier alpha value is -4.14. The Morgan fingerprint density at radius 2 is 1.82 bits per heavy atom. The summed E-state index contributed by atoms with van der Waals surface area (Å²) in [4.78, 5) is 33.4. The molecule has 4 rings (SSSR count). The first-order valence-corrected chi connectivity index (χ1v) is 10.4. The number of nitrogens with zero attached hydrogens (tertiary/aromatic N) is 3. The Bertz CT molecular complexity index is 1310. The van der Waals surface area contributed by atoms with Gasteiger partial charge in [0.15, 0.2) is 23.9 Å². The van der Waals surface area contributed by atoms with E-state index in [2.05, 4.69) is 9.97 Å². The van der Waals surface area contributed by atoms with Crippen molar-refractivity contribution < 1.29 is 23.4 Å². The third-order valence-electron chi connectivity index (χ3n) is 5.08. The minimum atomic E-state index is -0.400. The van der Waals surface area contributed by atoms with Gasteiger partial charge in [0.05, 0.1) is 37.6 Å². The van der Waals surface area contributed by atoms with Crippen molar-refractivity contribution in [3.63, 3.8) is 0 Å². The highest BCUT2D eigenvalue weighted by Gasteiger charge is 2.12. The third kappa shape index (κ3) is 5.03. The minimum absolute atomic E-state index is 0.0508. The van der Waals surface area contributed by atoms with Gasteiger partial charge in [-0.1, -0.05) is 30.3 Å². The second-order valence-electron chi connectivity index (χ2n) is 7.22. The molecule has 0 aliphatic rings. The van der Waals surface area contributed by atoms with Crippen molar-refractivity contribution in [2.24, 2.45) is 0 Å². The van der Waals surface area contributed by atoms with Gasteiger partial charge in [-0.05, 0) is 12.5 Å². The molecule has 33 heavy (non-hydrogen) atoms. The number of aryl methyl sites for hydroxylation is 1. The lowest BCUT2D eigenvalue weighted by Crippen LogP contribution is -2.21. The number of methoxy groups -OCH3 is 2. The van der Waals surface area contributed by atoms with Gasteiger partial charge in [-0.2, -0.15) is 0 Å². The number of hydrogen-bond donors (Lipinski definition) is 0. The summed E-state index contributed by atoms with van der Waals surface area (Å²) < 4.78 is 22.8. The monoisotopic (exact) mass is 449 g/mol. The molecular formula is C24H23N3O6. The molecule has 0 unspecified atom stereocenters. The lowest BCUT2D eigenvalue weighted by atomic mass is 10.2. The first kappa shape index (κ1) is 22.1. The summed E-state index contributed by atoms with van der Waals surface area (Å²) >= 11 is 0. The van der Waals surface area contributed by atoms with E-state index in [1.54, 1.807) is 18.3 Å². The molecule has 9 nitrogen and oxygen atoms in total. The quantitative estimate of drug-likeness (QED) is 0.357. The van der Waals surface area contributed by atoms with Gasteiger partial charge >= 0.3 is 5.97 Å². The summed E-state index contributed by atoms with van der Waals surface area (Å²) in [6.45, 7) is 0.271. The van der Waals surface area contributed by atoms with E-state index in [-0.39, 0.29) is 18.6 Å². The van der Waals surface area contributed by atoms with Crippen LogP contribution in [0.5, 0.6) is 11.5 Å². The smallest absolute Gasteiger partial charge is 0.306 e. The van der Waals surface area contributed by atoms with Crippen molar-refractivity contribution in [3.8, 4) is 22.8 Å². The molecule has 0 aliphatic carbocycles. The lowest BCUT2D eigenvalue weighted by Gasteiger charge is -2.10. The Labute approximate surface area is 189 Å². The van der Waals surface area contributed by atoms with Crippen LogP contribution < -0.4 is 15.0 Å². The van der Waals surface area contributed by atoms with Crippen LogP contribution in [-0.2, 0) is 22.7 Å². The fourth-order valence-corrected chi connectivity index (χ4v) is 3.37. The van der Waals surface area contributed by atoms with Gasteiger partial charge < -0.3 is 18.6 Å². The van der Waals surface area contributed by atoms with Crippen LogP contribution in [0, 0.1) is 0 Å². The van der Waals surface area contributed by atoms with Gasteiger partial charge in [-0.15, -0.1) is 0 Å². The summed E-state index contributed by atoms with van der Waals surface area (Å²) in [5.41, 5.74) is 1.18. The number of aromatic nitrogens is 3. The van der Waals surface area contributed by atoms with E-state index in [4.69, 9.17) is 18.6 Å². The number of benzene rings is 2. The second kappa shape index (κ2) is 9.99. The molecule has 2 aromatic heterocycles. The predicted molar refractivity (Wildman–Crippen MR) is 120 cm³/mol. The zero-order valence-electron chi connectivity index (χ0n) is 18.3. The van der Waals surface area contributed by atoms with Gasteiger partial charge in [-0.3, -0.25) is 14.2 Å². The van der Waals surface area contributed by atoms with Crippen molar-refractivity contribution in [3.05, 3.63) is 71.2 Å². The molecule has 0 aliphatic heterocycles. The number of carbonyl (C=O) groups excluding carboxylic acids is 1. The van der Waals surface area contributed by atoms with Crippen LogP contribution in [0.1, 0.15) is 18.7 Å². The highest BCUT2D eigenvalue weighted by Crippen LogP contribution is 2.29. The first-order valence-electron chi connectivity index (χ1n) is 10.4. The highest BCUT2D eigenvalue weighted by molar-refractivity contribution is 5.81. The highest BCUT2D eigenvalue weighted by atomic mass is 16.5. The number of oxazole rings is 1. The average Bonchev–Trinajstić information content (AvgIpc) is 3.33. The van der Waals surface area contributed by atoms with Crippen molar-refractivity contribution in [2.45, 2.75) is 26.0 Å². The molecule has 9 heteroatoms. The predicted octanol–water partition coefficient (Wildman–Crippen LogP) is 3.59. The topological polar surface area (TPSA) is 106 Å². The molecule has 170 valence electrons. The average molecular weight is 449 g/mol. The standard InChI is InChI=1S/C24H23N3O6/c1-30-19-11-17-18(12-20(19)31-2)26-15-27(24(17)29)10-6-9-23(28)32-14-22-25-13-21(33-22)16-7-4-3-5-8-16/h3-5,7-8,11-13,15H,6,9-10,14H2,1-2H3. The molecule has 0 saturated heterocycles. The zero-order chi connectivity index (χ0) is 23.2. The molecule has 0 bridgehead atoms. The molecule has 0 saturated carbocycles. The fraction of sp³-hybridized carbons (Fsp3) is 0.250. The molecule has 0 fully saturated rings. The number of hydrogen-bond acceptors (Lipinski definition) is 8. The van der Waals surface area contributed by atoms with E-state index in [0.29, 0.717) is 47.0 Å². The van der Waals surface area contributed by atoms with Crippen LogP contribution in [-0.4, -0.2) is 34.7 Å². The van der Waals surface area contributed by atoms with E-state index in [0.717, 1.165) is 5.56 Å². The van der Waals surface area contributed by atoms with Crippen LogP contribution in [0.3, 0.4) is 0 Å². The number of carbonyl (C=O) groups is 1. The van der Waals surface area contributed by atoms with Gasteiger partial charge in [0.25, 0.3) is 5.56 Å². The Balaban J connectivity index is 1.32.